The lowest BCUT2D eigenvalue weighted by atomic mass is 10.1. The first-order valence-electron chi connectivity index (χ1n) is 7.48. The average Bonchev–Trinajstić information content (AvgIpc) is 2.55. The summed E-state index contributed by atoms with van der Waals surface area (Å²) in [5, 5.41) is 1.61. The number of sulfone groups is 1. The van der Waals surface area contributed by atoms with Gasteiger partial charge in [-0.2, -0.15) is 0 Å². The smallest absolute Gasteiger partial charge is 0.238 e. The van der Waals surface area contributed by atoms with Gasteiger partial charge < -0.3 is 5.32 Å². The van der Waals surface area contributed by atoms with Crippen LogP contribution in [-0.2, 0) is 26.9 Å². The molecule has 0 spiro atoms. The van der Waals surface area contributed by atoms with E-state index in [2.05, 4.69) is 5.32 Å². The van der Waals surface area contributed by atoms with E-state index in [-0.39, 0.29) is 5.75 Å². The second kappa shape index (κ2) is 7.42. The van der Waals surface area contributed by atoms with Crippen molar-refractivity contribution >= 4 is 15.7 Å². The molecule has 2 aromatic carbocycles. The molecule has 0 radical (unpaired) electrons. The minimum atomic E-state index is -3.55. The molecule has 1 atom stereocenters. The number of carbonyl (C=O) groups excluding carboxylic acids is 1. The van der Waals surface area contributed by atoms with E-state index < -0.39 is 21.0 Å². The van der Waals surface area contributed by atoms with Crippen LogP contribution >= 0.6 is 0 Å². The summed E-state index contributed by atoms with van der Waals surface area (Å²) in [6, 6.07) is 16.7. The first-order chi connectivity index (χ1) is 10.9. The quantitative estimate of drug-likeness (QED) is 0.885. The molecule has 2 rings (SSSR count). The Balaban J connectivity index is 2.01. The summed E-state index contributed by atoms with van der Waals surface area (Å²) < 4.78 is 24.9. The highest BCUT2D eigenvalue weighted by Gasteiger charge is 2.28. The standard InChI is InChI=1S/C18H21NO3S/c1-14-8-6-7-11-17(14)13-23(21,22)15(2)18(20)19-12-16-9-4-3-5-10-16/h3-11,15H,12-13H2,1-2H3,(H,19,20)/t15-/m0/s1. The SMILES string of the molecule is Cc1ccccc1CS(=O)(=O)[C@@H](C)C(=O)NCc1ccccc1. The van der Waals surface area contributed by atoms with E-state index in [0.717, 1.165) is 16.7 Å². The lowest BCUT2D eigenvalue weighted by Crippen LogP contribution is -2.38. The predicted molar refractivity (Wildman–Crippen MR) is 91.6 cm³/mol. The van der Waals surface area contributed by atoms with Crippen molar-refractivity contribution in [3.05, 3.63) is 71.3 Å². The Morgan fingerprint density at radius 2 is 1.65 bits per heavy atom. The molecule has 0 aliphatic heterocycles. The fourth-order valence-corrected chi connectivity index (χ4v) is 3.62. The third-order valence-electron chi connectivity index (χ3n) is 3.84. The highest BCUT2D eigenvalue weighted by Crippen LogP contribution is 2.15. The monoisotopic (exact) mass is 331 g/mol. The topological polar surface area (TPSA) is 63.2 Å². The molecular formula is C18H21NO3S. The molecule has 0 heterocycles. The largest absolute Gasteiger partial charge is 0.351 e. The molecule has 2 aromatic rings. The van der Waals surface area contributed by atoms with Crippen LogP contribution in [0.5, 0.6) is 0 Å². The van der Waals surface area contributed by atoms with E-state index in [1.54, 1.807) is 12.1 Å². The zero-order valence-corrected chi connectivity index (χ0v) is 14.1. The van der Waals surface area contributed by atoms with Crippen molar-refractivity contribution in [1.82, 2.24) is 5.32 Å². The Morgan fingerprint density at radius 3 is 2.30 bits per heavy atom. The summed E-state index contributed by atoms with van der Waals surface area (Å²) in [5.74, 6) is -0.595. The number of amides is 1. The van der Waals surface area contributed by atoms with E-state index in [9.17, 15) is 13.2 Å². The van der Waals surface area contributed by atoms with Crippen molar-refractivity contribution in [2.24, 2.45) is 0 Å². The second-order valence-corrected chi connectivity index (χ2v) is 7.90. The molecule has 0 bridgehead atoms. The maximum Gasteiger partial charge on any atom is 0.238 e. The average molecular weight is 331 g/mol. The lowest BCUT2D eigenvalue weighted by Gasteiger charge is -2.14. The van der Waals surface area contributed by atoms with Crippen LogP contribution in [0.25, 0.3) is 0 Å². The number of benzene rings is 2. The third-order valence-corrected chi connectivity index (χ3v) is 5.84. The minimum Gasteiger partial charge on any atom is -0.351 e. The van der Waals surface area contributed by atoms with Crippen LogP contribution < -0.4 is 5.32 Å². The van der Waals surface area contributed by atoms with Gasteiger partial charge in [-0.15, -0.1) is 0 Å². The molecule has 0 unspecified atom stereocenters. The van der Waals surface area contributed by atoms with Gasteiger partial charge in [0.25, 0.3) is 0 Å². The summed E-state index contributed by atoms with van der Waals surface area (Å²) in [7, 11) is -3.55. The Morgan fingerprint density at radius 1 is 1.04 bits per heavy atom. The molecule has 5 heteroatoms. The van der Waals surface area contributed by atoms with Crippen LogP contribution in [0, 0.1) is 6.92 Å². The first kappa shape index (κ1) is 17.2. The van der Waals surface area contributed by atoms with Gasteiger partial charge in [0.1, 0.15) is 5.25 Å². The van der Waals surface area contributed by atoms with Crippen LogP contribution in [0.1, 0.15) is 23.6 Å². The van der Waals surface area contributed by atoms with Gasteiger partial charge in [0.2, 0.25) is 5.91 Å². The van der Waals surface area contributed by atoms with Crippen LogP contribution in [0.2, 0.25) is 0 Å². The molecular weight excluding hydrogens is 310 g/mol. The van der Waals surface area contributed by atoms with E-state index in [1.165, 1.54) is 6.92 Å². The van der Waals surface area contributed by atoms with Gasteiger partial charge in [-0.3, -0.25) is 4.79 Å². The number of aryl methyl sites for hydroxylation is 1. The fourth-order valence-electron chi connectivity index (χ4n) is 2.21. The Bertz CT molecular complexity index is 770. The zero-order valence-electron chi connectivity index (χ0n) is 13.3. The minimum absolute atomic E-state index is 0.125. The van der Waals surface area contributed by atoms with Gasteiger partial charge in [-0.1, -0.05) is 54.6 Å². The molecule has 4 nitrogen and oxygen atoms in total. The number of hydrogen-bond donors (Lipinski definition) is 1. The summed E-state index contributed by atoms with van der Waals surface area (Å²) >= 11 is 0. The van der Waals surface area contributed by atoms with Crippen molar-refractivity contribution in [1.29, 1.82) is 0 Å². The van der Waals surface area contributed by atoms with E-state index in [4.69, 9.17) is 0 Å². The molecule has 0 saturated heterocycles. The van der Waals surface area contributed by atoms with Crippen LogP contribution in [0.4, 0.5) is 0 Å². The lowest BCUT2D eigenvalue weighted by molar-refractivity contribution is -0.120. The molecule has 23 heavy (non-hydrogen) atoms. The van der Waals surface area contributed by atoms with Crippen LogP contribution in [-0.4, -0.2) is 19.6 Å². The van der Waals surface area contributed by atoms with Gasteiger partial charge in [-0.25, -0.2) is 8.42 Å². The highest BCUT2D eigenvalue weighted by atomic mass is 32.2. The Labute approximate surface area is 137 Å². The maximum atomic E-state index is 12.4. The summed E-state index contributed by atoms with van der Waals surface area (Å²) in [5.41, 5.74) is 2.58. The molecule has 0 fully saturated rings. The van der Waals surface area contributed by atoms with E-state index >= 15 is 0 Å². The van der Waals surface area contributed by atoms with Gasteiger partial charge in [0.15, 0.2) is 9.84 Å². The fraction of sp³-hybridized carbons (Fsp3) is 0.278. The van der Waals surface area contributed by atoms with Crippen molar-refractivity contribution in [2.75, 3.05) is 0 Å². The van der Waals surface area contributed by atoms with Crippen molar-refractivity contribution in [3.8, 4) is 0 Å². The first-order valence-corrected chi connectivity index (χ1v) is 9.19. The molecule has 0 aromatic heterocycles. The van der Waals surface area contributed by atoms with E-state index in [0.29, 0.717) is 6.54 Å². The maximum absolute atomic E-state index is 12.4. The highest BCUT2D eigenvalue weighted by molar-refractivity contribution is 7.92. The van der Waals surface area contributed by atoms with Crippen molar-refractivity contribution < 1.29 is 13.2 Å². The molecule has 1 amide bonds. The summed E-state index contributed by atoms with van der Waals surface area (Å²) in [6.45, 7) is 3.63. The van der Waals surface area contributed by atoms with Crippen molar-refractivity contribution in [2.45, 2.75) is 31.4 Å². The predicted octanol–water partition coefficient (Wildman–Crippen LogP) is 2.61. The summed E-state index contributed by atoms with van der Waals surface area (Å²) in [6.07, 6.45) is 0. The van der Waals surface area contributed by atoms with Crippen molar-refractivity contribution in [3.63, 3.8) is 0 Å². The van der Waals surface area contributed by atoms with Gasteiger partial charge >= 0.3 is 0 Å². The molecule has 0 aliphatic rings. The molecule has 0 aliphatic carbocycles. The van der Waals surface area contributed by atoms with Gasteiger partial charge in [-0.05, 0) is 30.5 Å². The van der Waals surface area contributed by atoms with E-state index in [1.807, 2.05) is 49.4 Å². The number of nitrogens with one attached hydrogen (secondary N) is 1. The Hall–Kier alpha value is -2.14. The number of hydrogen-bond acceptors (Lipinski definition) is 3. The molecule has 122 valence electrons. The Kier molecular flexibility index (Phi) is 5.55. The second-order valence-electron chi connectivity index (χ2n) is 5.58. The van der Waals surface area contributed by atoms with Gasteiger partial charge in [0, 0.05) is 6.54 Å². The van der Waals surface area contributed by atoms with Crippen LogP contribution in [0.15, 0.2) is 54.6 Å². The number of rotatable bonds is 6. The third kappa shape index (κ3) is 4.66. The van der Waals surface area contributed by atoms with Gasteiger partial charge in [0.05, 0.1) is 5.75 Å². The van der Waals surface area contributed by atoms with Crippen LogP contribution in [0.3, 0.4) is 0 Å². The number of carbonyl (C=O) groups is 1. The molecule has 0 saturated carbocycles. The normalized spacial score (nSPS) is 12.6. The zero-order chi connectivity index (χ0) is 16.9. The molecule has 1 N–H and O–H groups in total. The summed E-state index contributed by atoms with van der Waals surface area (Å²) in [4.78, 5) is 12.1.